The molecule has 1 aromatic carbocycles. The minimum atomic E-state index is -1.04. The van der Waals surface area contributed by atoms with Gasteiger partial charge in [-0.15, -0.1) is 0 Å². The standard InChI is InChI=1S/C15H15N3O5/c1-10(14(19)16-11-6-4-3-5-7-11)23-15(20)13-8-12(18(21)22)9-17(13)2/h3-10H,1-2H3,(H,16,19). The van der Waals surface area contributed by atoms with Gasteiger partial charge in [-0.3, -0.25) is 14.9 Å². The molecule has 0 aliphatic carbocycles. The zero-order valence-electron chi connectivity index (χ0n) is 12.6. The first-order valence-corrected chi connectivity index (χ1v) is 6.76. The first-order chi connectivity index (χ1) is 10.9. The van der Waals surface area contributed by atoms with E-state index in [-0.39, 0.29) is 11.4 Å². The maximum Gasteiger partial charge on any atom is 0.355 e. The predicted molar refractivity (Wildman–Crippen MR) is 82.0 cm³/mol. The fraction of sp³-hybridized carbons (Fsp3) is 0.200. The third-order valence-corrected chi connectivity index (χ3v) is 3.10. The van der Waals surface area contributed by atoms with Crippen LogP contribution in [0.15, 0.2) is 42.6 Å². The molecular weight excluding hydrogens is 302 g/mol. The second kappa shape index (κ2) is 6.73. The summed E-state index contributed by atoms with van der Waals surface area (Å²) < 4.78 is 6.33. The van der Waals surface area contributed by atoms with Gasteiger partial charge in [-0.1, -0.05) is 18.2 Å². The number of para-hydroxylation sites is 1. The Bertz CT molecular complexity index is 739. The second-order valence-corrected chi connectivity index (χ2v) is 4.85. The van der Waals surface area contributed by atoms with Gasteiger partial charge in [0.1, 0.15) is 5.69 Å². The summed E-state index contributed by atoms with van der Waals surface area (Å²) in [4.78, 5) is 34.1. The summed E-state index contributed by atoms with van der Waals surface area (Å²) in [6.07, 6.45) is 0.155. The summed E-state index contributed by atoms with van der Waals surface area (Å²) in [6, 6.07) is 9.83. The van der Waals surface area contributed by atoms with Gasteiger partial charge in [-0.25, -0.2) is 4.79 Å². The van der Waals surface area contributed by atoms with Crippen LogP contribution < -0.4 is 5.32 Å². The minimum absolute atomic E-state index is 0.00365. The molecule has 1 aromatic heterocycles. The molecule has 1 N–H and O–H groups in total. The maximum atomic E-state index is 12.0. The summed E-state index contributed by atoms with van der Waals surface area (Å²) in [5.41, 5.74) is 0.354. The van der Waals surface area contributed by atoms with E-state index in [2.05, 4.69) is 5.32 Å². The van der Waals surface area contributed by atoms with Crippen LogP contribution in [-0.4, -0.2) is 27.5 Å². The van der Waals surface area contributed by atoms with E-state index < -0.39 is 22.9 Å². The largest absolute Gasteiger partial charge is 0.448 e. The molecular formula is C15H15N3O5. The quantitative estimate of drug-likeness (QED) is 0.517. The molecule has 0 aliphatic rings. The topological polar surface area (TPSA) is 103 Å². The zero-order valence-corrected chi connectivity index (χ0v) is 12.6. The normalized spacial score (nSPS) is 11.6. The van der Waals surface area contributed by atoms with Crippen molar-refractivity contribution in [2.24, 2.45) is 7.05 Å². The number of carbonyl (C=O) groups excluding carboxylic acids is 2. The Balaban J connectivity index is 2.02. The summed E-state index contributed by atoms with van der Waals surface area (Å²) in [7, 11) is 1.48. The molecule has 0 aliphatic heterocycles. The van der Waals surface area contributed by atoms with Crippen LogP contribution in [0.25, 0.3) is 0 Å². The predicted octanol–water partition coefficient (Wildman–Crippen LogP) is 2.12. The van der Waals surface area contributed by atoms with Crippen LogP contribution in [0.3, 0.4) is 0 Å². The van der Waals surface area contributed by atoms with Crippen LogP contribution in [0.5, 0.6) is 0 Å². The van der Waals surface area contributed by atoms with Crippen molar-refractivity contribution in [1.82, 2.24) is 4.57 Å². The highest BCUT2D eigenvalue weighted by molar-refractivity contribution is 5.97. The summed E-state index contributed by atoms with van der Waals surface area (Å²) in [6.45, 7) is 1.42. The van der Waals surface area contributed by atoms with Gasteiger partial charge in [-0.05, 0) is 19.1 Å². The number of hydrogen-bond acceptors (Lipinski definition) is 5. The lowest BCUT2D eigenvalue weighted by Crippen LogP contribution is -2.30. The van der Waals surface area contributed by atoms with Crippen LogP contribution in [0.4, 0.5) is 11.4 Å². The Morgan fingerprint density at radius 1 is 1.30 bits per heavy atom. The molecule has 1 atom stereocenters. The van der Waals surface area contributed by atoms with E-state index in [4.69, 9.17) is 4.74 Å². The number of benzene rings is 1. The Labute approximate surface area is 131 Å². The molecule has 0 spiro atoms. The molecule has 0 bridgehead atoms. The van der Waals surface area contributed by atoms with Crippen molar-refractivity contribution in [3.63, 3.8) is 0 Å². The molecule has 8 nitrogen and oxygen atoms in total. The fourth-order valence-electron chi connectivity index (χ4n) is 1.89. The van der Waals surface area contributed by atoms with Crippen LogP contribution in [-0.2, 0) is 16.6 Å². The highest BCUT2D eigenvalue weighted by atomic mass is 16.6. The highest BCUT2D eigenvalue weighted by Crippen LogP contribution is 2.17. The van der Waals surface area contributed by atoms with Crippen molar-refractivity contribution in [3.8, 4) is 0 Å². The van der Waals surface area contributed by atoms with Crippen molar-refractivity contribution >= 4 is 23.3 Å². The maximum absolute atomic E-state index is 12.0. The Morgan fingerprint density at radius 2 is 1.96 bits per heavy atom. The zero-order chi connectivity index (χ0) is 17.0. The third kappa shape index (κ3) is 3.94. The number of hydrogen-bond donors (Lipinski definition) is 1. The average Bonchev–Trinajstić information content (AvgIpc) is 2.90. The molecule has 23 heavy (non-hydrogen) atoms. The first kappa shape index (κ1) is 16.2. The van der Waals surface area contributed by atoms with Gasteiger partial charge in [0.2, 0.25) is 0 Å². The van der Waals surface area contributed by atoms with E-state index in [0.29, 0.717) is 5.69 Å². The van der Waals surface area contributed by atoms with Crippen molar-refractivity contribution in [2.75, 3.05) is 5.32 Å². The van der Waals surface area contributed by atoms with Gasteiger partial charge in [0.05, 0.1) is 11.1 Å². The van der Waals surface area contributed by atoms with E-state index in [9.17, 15) is 19.7 Å². The number of aryl methyl sites for hydroxylation is 1. The molecule has 0 fully saturated rings. The van der Waals surface area contributed by atoms with E-state index in [1.165, 1.54) is 24.7 Å². The summed E-state index contributed by atoms with van der Waals surface area (Å²) >= 11 is 0. The van der Waals surface area contributed by atoms with Gasteiger partial charge >= 0.3 is 5.97 Å². The molecule has 0 saturated heterocycles. The lowest BCUT2D eigenvalue weighted by Gasteiger charge is -2.13. The number of esters is 1. The minimum Gasteiger partial charge on any atom is -0.448 e. The van der Waals surface area contributed by atoms with Gasteiger partial charge in [0.25, 0.3) is 11.6 Å². The van der Waals surface area contributed by atoms with Crippen molar-refractivity contribution < 1.29 is 19.2 Å². The van der Waals surface area contributed by atoms with Crippen molar-refractivity contribution in [1.29, 1.82) is 0 Å². The van der Waals surface area contributed by atoms with Crippen molar-refractivity contribution in [3.05, 3.63) is 58.4 Å². The van der Waals surface area contributed by atoms with Gasteiger partial charge in [0, 0.05) is 18.8 Å². The van der Waals surface area contributed by atoms with Gasteiger partial charge in [0.15, 0.2) is 6.10 Å². The molecule has 2 aromatic rings. The second-order valence-electron chi connectivity index (χ2n) is 4.85. The van der Waals surface area contributed by atoms with E-state index in [0.717, 1.165) is 6.07 Å². The molecule has 1 amide bonds. The molecule has 0 saturated carbocycles. The Kier molecular flexibility index (Phi) is 4.75. The van der Waals surface area contributed by atoms with Crippen molar-refractivity contribution in [2.45, 2.75) is 13.0 Å². The van der Waals surface area contributed by atoms with Gasteiger partial charge in [-0.2, -0.15) is 0 Å². The van der Waals surface area contributed by atoms with Crippen LogP contribution in [0.1, 0.15) is 17.4 Å². The first-order valence-electron chi connectivity index (χ1n) is 6.76. The molecule has 0 radical (unpaired) electrons. The Hall–Kier alpha value is -3.16. The number of nitro groups is 1. The lowest BCUT2D eigenvalue weighted by molar-refractivity contribution is -0.384. The number of ether oxygens (including phenoxy) is 1. The van der Waals surface area contributed by atoms with Crippen LogP contribution in [0, 0.1) is 10.1 Å². The SMILES string of the molecule is CC(OC(=O)c1cc([N+](=O)[O-])cn1C)C(=O)Nc1ccccc1. The average molecular weight is 317 g/mol. The monoisotopic (exact) mass is 317 g/mol. The van der Waals surface area contributed by atoms with Crippen LogP contribution in [0.2, 0.25) is 0 Å². The third-order valence-electron chi connectivity index (χ3n) is 3.10. The molecule has 2 rings (SSSR count). The number of carbonyl (C=O) groups is 2. The lowest BCUT2D eigenvalue weighted by atomic mass is 10.3. The Morgan fingerprint density at radius 3 is 2.52 bits per heavy atom. The van der Waals surface area contributed by atoms with Crippen LogP contribution >= 0.6 is 0 Å². The highest BCUT2D eigenvalue weighted by Gasteiger charge is 2.23. The fourth-order valence-corrected chi connectivity index (χ4v) is 1.89. The van der Waals surface area contributed by atoms with E-state index >= 15 is 0 Å². The summed E-state index contributed by atoms with van der Waals surface area (Å²) in [5.74, 6) is -1.30. The van der Waals surface area contributed by atoms with Gasteiger partial charge < -0.3 is 14.6 Å². The molecule has 1 unspecified atom stereocenters. The molecule has 120 valence electrons. The number of aromatic nitrogens is 1. The number of nitrogens with zero attached hydrogens (tertiary/aromatic N) is 2. The molecule has 8 heteroatoms. The summed E-state index contributed by atoms with van der Waals surface area (Å²) in [5, 5.41) is 13.3. The number of amides is 1. The smallest absolute Gasteiger partial charge is 0.355 e. The van der Waals surface area contributed by atoms with E-state index in [1.807, 2.05) is 0 Å². The molecule has 1 heterocycles. The van der Waals surface area contributed by atoms with E-state index in [1.54, 1.807) is 30.3 Å². The number of nitrogens with one attached hydrogen (secondary N) is 1. The number of anilines is 1. The number of rotatable bonds is 5.